The molecule has 128 valence electrons. The lowest BCUT2D eigenvalue weighted by Crippen LogP contribution is -2.35. The number of carbonyl (C=O) groups is 1. The van der Waals surface area contributed by atoms with Crippen LogP contribution in [0.15, 0.2) is 46.1 Å². The molecule has 0 fully saturated rings. The van der Waals surface area contributed by atoms with Crippen molar-refractivity contribution in [3.8, 4) is 0 Å². The minimum Gasteiger partial charge on any atom is -0.341 e. The van der Waals surface area contributed by atoms with Crippen LogP contribution >= 0.6 is 11.8 Å². The van der Waals surface area contributed by atoms with E-state index in [9.17, 15) is 9.59 Å². The minimum absolute atomic E-state index is 0.208. The average Bonchev–Trinajstić information content (AvgIpc) is 2.56. The van der Waals surface area contributed by atoms with E-state index in [0.29, 0.717) is 13.1 Å². The second-order valence-corrected chi connectivity index (χ2v) is 6.99. The standard InChI is InChI=1S/C19H24N2O2S/c1-5-21-15(3)8-11-17(19(21)23)18(22)20(4)12-13-24-16-9-6-14(2)7-10-16/h6-11H,5,12-13H2,1-4H3. The Morgan fingerprint density at radius 2 is 1.79 bits per heavy atom. The van der Waals surface area contributed by atoms with Crippen molar-refractivity contribution < 1.29 is 4.79 Å². The summed E-state index contributed by atoms with van der Waals surface area (Å²) in [5.74, 6) is 0.575. The van der Waals surface area contributed by atoms with Gasteiger partial charge >= 0.3 is 0 Å². The molecule has 1 heterocycles. The normalized spacial score (nSPS) is 10.7. The van der Waals surface area contributed by atoms with Gasteiger partial charge in [0.25, 0.3) is 11.5 Å². The zero-order valence-electron chi connectivity index (χ0n) is 14.7. The van der Waals surface area contributed by atoms with Gasteiger partial charge in [0.05, 0.1) is 0 Å². The number of aryl methyl sites for hydroxylation is 2. The van der Waals surface area contributed by atoms with Crippen molar-refractivity contribution >= 4 is 17.7 Å². The third-order valence-electron chi connectivity index (χ3n) is 4.00. The number of amides is 1. The van der Waals surface area contributed by atoms with Gasteiger partial charge in [-0.3, -0.25) is 9.59 Å². The second-order valence-electron chi connectivity index (χ2n) is 5.83. The summed E-state index contributed by atoms with van der Waals surface area (Å²) in [5.41, 5.74) is 2.14. The Kier molecular flexibility index (Phi) is 6.26. The highest BCUT2D eigenvalue weighted by Gasteiger charge is 2.17. The maximum Gasteiger partial charge on any atom is 0.263 e. The van der Waals surface area contributed by atoms with Crippen molar-refractivity contribution in [1.82, 2.24) is 9.47 Å². The molecule has 0 spiro atoms. The fraction of sp³-hybridized carbons (Fsp3) is 0.368. The zero-order valence-corrected chi connectivity index (χ0v) is 15.5. The summed E-state index contributed by atoms with van der Waals surface area (Å²) in [7, 11) is 1.74. The first-order valence-corrected chi connectivity index (χ1v) is 9.08. The van der Waals surface area contributed by atoms with Gasteiger partial charge in [0.2, 0.25) is 0 Å². The van der Waals surface area contributed by atoms with E-state index in [1.54, 1.807) is 34.3 Å². The molecule has 0 aliphatic heterocycles. The number of aromatic nitrogens is 1. The molecule has 1 aromatic heterocycles. The third kappa shape index (κ3) is 4.29. The highest BCUT2D eigenvalue weighted by molar-refractivity contribution is 7.99. The van der Waals surface area contributed by atoms with Gasteiger partial charge in [-0.25, -0.2) is 0 Å². The third-order valence-corrected chi connectivity index (χ3v) is 4.99. The van der Waals surface area contributed by atoms with Gasteiger partial charge in [0.1, 0.15) is 5.56 Å². The van der Waals surface area contributed by atoms with Crippen LogP contribution in [0.4, 0.5) is 0 Å². The van der Waals surface area contributed by atoms with Crippen LogP contribution in [0.25, 0.3) is 0 Å². The maximum absolute atomic E-state index is 12.5. The molecule has 0 bridgehead atoms. The van der Waals surface area contributed by atoms with Gasteiger partial charge < -0.3 is 9.47 Å². The Morgan fingerprint density at radius 3 is 2.42 bits per heavy atom. The summed E-state index contributed by atoms with van der Waals surface area (Å²) in [5, 5.41) is 0. The summed E-state index contributed by atoms with van der Waals surface area (Å²) in [4.78, 5) is 27.7. The molecular formula is C19H24N2O2S. The zero-order chi connectivity index (χ0) is 17.7. The smallest absolute Gasteiger partial charge is 0.263 e. The monoisotopic (exact) mass is 344 g/mol. The Morgan fingerprint density at radius 1 is 1.12 bits per heavy atom. The first kappa shape index (κ1) is 18.3. The summed E-state index contributed by atoms with van der Waals surface area (Å²) in [6.45, 7) is 7.01. The molecule has 2 rings (SSSR count). The summed E-state index contributed by atoms with van der Waals surface area (Å²) in [6, 6.07) is 11.8. The topological polar surface area (TPSA) is 42.3 Å². The lowest BCUT2D eigenvalue weighted by atomic mass is 10.2. The van der Waals surface area contributed by atoms with Crippen molar-refractivity contribution in [1.29, 1.82) is 0 Å². The van der Waals surface area contributed by atoms with Crippen LogP contribution < -0.4 is 5.56 Å². The van der Waals surface area contributed by atoms with Crippen LogP contribution in [0.5, 0.6) is 0 Å². The molecule has 0 aliphatic rings. The largest absolute Gasteiger partial charge is 0.341 e. The highest BCUT2D eigenvalue weighted by atomic mass is 32.2. The van der Waals surface area contributed by atoms with E-state index in [4.69, 9.17) is 0 Å². The Balaban J connectivity index is 2.00. The Hall–Kier alpha value is -2.01. The fourth-order valence-corrected chi connectivity index (χ4v) is 3.40. The molecule has 0 saturated carbocycles. The molecule has 1 amide bonds. The summed E-state index contributed by atoms with van der Waals surface area (Å²) >= 11 is 1.71. The molecule has 0 radical (unpaired) electrons. The van der Waals surface area contributed by atoms with Crippen molar-refractivity contribution in [3.63, 3.8) is 0 Å². The van der Waals surface area contributed by atoms with Crippen LogP contribution in [-0.4, -0.2) is 34.7 Å². The maximum atomic E-state index is 12.5. The van der Waals surface area contributed by atoms with E-state index >= 15 is 0 Å². The molecule has 24 heavy (non-hydrogen) atoms. The van der Waals surface area contributed by atoms with Gasteiger partial charge in [0.15, 0.2) is 0 Å². The average molecular weight is 344 g/mol. The number of carbonyl (C=O) groups excluding carboxylic acids is 1. The van der Waals surface area contributed by atoms with Gasteiger partial charge in [-0.2, -0.15) is 0 Å². The first-order valence-electron chi connectivity index (χ1n) is 8.09. The number of hydrogen-bond acceptors (Lipinski definition) is 3. The number of benzene rings is 1. The van der Waals surface area contributed by atoms with Crippen molar-refractivity contribution in [2.75, 3.05) is 19.3 Å². The molecule has 0 N–H and O–H groups in total. The summed E-state index contributed by atoms with van der Waals surface area (Å²) < 4.78 is 1.63. The number of rotatable bonds is 6. The van der Waals surface area contributed by atoms with E-state index in [2.05, 4.69) is 31.2 Å². The number of pyridine rings is 1. The number of nitrogens with zero attached hydrogens (tertiary/aromatic N) is 2. The predicted molar refractivity (Wildman–Crippen MR) is 100.0 cm³/mol. The van der Waals surface area contributed by atoms with E-state index in [1.807, 2.05) is 19.9 Å². The van der Waals surface area contributed by atoms with Crippen LogP contribution in [-0.2, 0) is 6.54 Å². The van der Waals surface area contributed by atoms with Crippen molar-refractivity contribution in [2.45, 2.75) is 32.2 Å². The molecular weight excluding hydrogens is 320 g/mol. The number of hydrogen-bond donors (Lipinski definition) is 0. The van der Waals surface area contributed by atoms with Crippen LogP contribution in [0.2, 0.25) is 0 Å². The van der Waals surface area contributed by atoms with Crippen molar-refractivity contribution in [2.24, 2.45) is 0 Å². The second kappa shape index (κ2) is 8.20. The molecule has 0 saturated heterocycles. The van der Waals surface area contributed by atoms with Crippen molar-refractivity contribution in [3.05, 3.63) is 63.6 Å². The molecule has 4 nitrogen and oxygen atoms in total. The Bertz CT molecular complexity index is 766. The Labute approximate surface area is 147 Å². The van der Waals surface area contributed by atoms with Crippen LogP contribution in [0.3, 0.4) is 0 Å². The molecule has 0 unspecified atom stereocenters. The summed E-state index contributed by atoms with van der Waals surface area (Å²) in [6.07, 6.45) is 0. The molecule has 1 aromatic carbocycles. The van der Waals surface area contributed by atoms with Gasteiger partial charge in [-0.1, -0.05) is 17.7 Å². The quantitative estimate of drug-likeness (QED) is 0.755. The van der Waals surface area contributed by atoms with Gasteiger partial charge in [-0.15, -0.1) is 11.8 Å². The van der Waals surface area contributed by atoms with E-state index < -0.39 is 0 Å². The molecule has 2 aromatic rings. The van der Waals surface area contributed by atoms with Crippen LogP contribution in [0.1, 0.15) is 28.5 Å². The SMILES string of the molecule is CCn1c(C)ccc(C(=O)N(C)CCSc2ccc(C)cc2)c1=O. The molecule has 5 heteroatoms. The minimum atomic E-state index is -0.216. The van der Waals surface area contributed by atoms with Gasteiger partial charge in [-0.05, 0) is 45.0 Å². The van der Waals surface area contributed by atoms with E-state index in [0.717, 1.165) is 11.4 Å². The van der Waals surface area contributed by atoms with Gasteiger partial charge in [0, 0.05) is 36.5 Å². The lowest BCUT2D eigenvalue weighted by Gasteiger charge is -2.18. The first-order chi connectivity index (χ1) is 11.4. The van der Waals surface area contributed by atoms with Crippen LogP contribution in [0, 0.1) is 13.8 Å². The van der Waals surface area contributed by atoms with E-state index in [1.165, 1.54) is 10.5 Å². The lowest BCUT2D eigenvalue weighted by molar-refractivity contribution is 0.0801. The molecule has 0 atom stereocenters. The fourth-order valence-electron chi connectivity index (χ4n) is 2.47. The highest BCUT2D eigenvalue weighted by Crippen LogP contribution is 2.18. The predicted octanol–water partition coefficient (Wildman–Crippen LogP) is 3.35. The number of thioether (sulfide) groups is 1. The molecule has 0 aliphatic carbocycles. The van der Waals surface area contributed by atoms with E-state index in [-0.39, 0.29) is 17.0 Å².